The minimum absolute atomic E-state index is 0.0849. The number of hydrogen-bond donors (Lipinski definition) is 1. The fraction of sp³-hybridized carbons (Fsp3) is 0.500. The molecule has 1 rings (SSSR count). The first kappa shape index (κ1) is 16.0. The van der Waals surface area contributed by atoms with Gasteiger partial charge in [-0.05, 0) is 42.8 Å². The number of nitrogens with zero attached hydrogens (tertiary/aromatic N) is 1. The van der Waals surface area contributed by atoms with Crippen LogP contribution in [0.4, 0.5) is 0 Å². The lowest BCUT2D eigenvalue weighted by atomic mass is 10.3. The van der Waals surface area contributed by atoms with E-state index in [9.17, 15) is 4.79 Å². The number of aromatic nitrogens is 1. The second-order valence-electron chi connectivity index (χ2n) is 4.81. The summed E-state index contributed by atoms with van der Waals surface area (Å²) in [5.74, 6) is -0.0849. The Morgan fingerprint density at radius 1 is 1.58 bits per heavy atom. The normalized spacial score (nSPS) is 10.8. The Morgan fingerprint density at radius 3 is 2.84 bits per heavy atom. The first-order valence-electron chi connectivity index (χ1n) is 6.29. The third-order valence-electron chi connectivity index (χ3n) is 2.48. The maximum absolute atomic E-state index is 12.1. The average Bonchev–Trinajstić information content (AvgIpc) is 2.70. The van der Waals surface area contributed by atoms with Crippen LogP contribution in [0.5, 0.6) is 0 Å². The Hall–Kier alpha value is -1.07. The molecule has 4 nitrogen and oxygen atoms in total. The molecule has 106 valence electrons. The number of hydrogen-bond acceptors (Lipinski definition) is 2. The summed E-state index contributed by atoms with van der Waals surface area (Å²) in [4.78, 5) is 12.1. The molecular weight excluding hydrogens is 308 g/mol. The highest BCUT2D eigenvalue weighted by atomic mass is 79.9. The minimum atomic E-state index is -0.0849. The molecule has 0 fully saturated rings. The highest BCUT2D eigenvalue weighted by Crippen LogP contribution is 2.19. The van der Waals surface area contributed by atoms with Crippen LogP contribution in [0.2, 0.25) is 0 Å². The molecule has 1 heterocycles. The van der Waals surface area contributed by atoms with Crippen molar-refractivity contribution in [2.24, 2.45) is 0 Å². The number of nitrogens with one attached hydrogen (secondary N) is 1. The van der Waals surface area contributed by atoms with Crippen molar-refractivity contribution >= 4 is 21.8 Å². The van der Waals surface area contributed by atoms with Gasteiger partial charge in [0.2, 0.25) is 0 Å². The standard InChI is InChI=1S/C14H21BrN2O2/c1-10(2)9-19-6-5-16-14(18)13-7-12(15)8-17(13)11(3)4/h7-8,11H,1,5-6,9H2,2-4H3,(H,16,18). The van der Waals surface area contributed by atoms with Gasteiger partial charge in [-0.15, -0.1) is 0 Å². The first-order valence-corrected chi connectivity index (χ1v) is 7.08. The molecule has 1 aromatic heterocycles. The van der Waals surface area contributed by atoms with E-state index in [0.717, 1.165) is 10.0 Å². The Labute approximate surface area is 123 Å². The van der Waals surface area contributed by atoms with Crippen molar-refractivity contribution in [2.75, 3.05) is 19.8 Å². The van der Waals surface area contributed by atoms with Crippen molar-refractivity contribution < 1.29 is 9.53 Å². The number of carbonyl (C=O) groups is 1. The van der Waals surface area contributed by atoms with Crippen molar-refractivity contribution in [3.8, 4) is 0 Å². The van der Waals surface area contributed by atoms with Crippen LogP contribution in [0.15, 0.2) is 28.9 Å². The summed E-state index contributed by atoms with van der Waals surface area (Å²) < 4.78 is 8.18. The summed E-state index contributed by atoms with van der Waals surface area (Å²) in [6.07, 6.45) is 1.91. The van der Waals surface area contributed by atoms with Gasteiger partial charge < -0.3 is 14.6 Å². The topological polar surface area (TPSA) is 43.3 Å². The van der Waals surface area contributed by atoms with Gasteiger partial charge in [-0.2, -0.15) is 0 Å². The van der Waals surface area contributed by atoms with Crippen molar-refractivity contribution in [3.05, 3.63) is 34.6 Å². The van der Waals surface area contributed by atoms with Crippen LogP contribution in [-0.4, -0.2) is 30.2 Å². The molecule has 1 amide bonds. The third-order valence-corrected chi connectivity index (χ3v) is 2.92. The molecule has 0 aliphatic rings. The molecule has 1 N–H and O–H groups in total. The van der Waals surface area contributed by atoms with Gasteiger partial charge in [0.15, 0.2) is 0 Å². The number of halogens is 1. The fourth-order valence-corrected chi connectivity index (χ4v) is 2.07. The third kappa shape index (κ3) is 5.20. The lowest BCUT2D eigenvalue weighted by Crippen LogP contribution is -2.29. The van der Waals surface area contributed by atoms with E-state index in [1.165, 1.54) is 0 Å². The molecule has 0 bridgehead atoms. The van der Waals surface area contributed by atoms with Gasteiger partial charge in [0.05, 0.1) is 13.2 Å². The van der Waals surface area contributed by atoms with Crippen LogP contribution in [0.3, 0.4) is 0 Å². The highest BCUT2D eigenvalue weighted by molar-refractivity contribution is 9.10. The van der Waals surface area contributed by atoms with Crippen molar-refractivity contribution in [2.45, 2.75) is 26.8 Å². The van der Waals surface area contributed by atoms with E-state index in [4.69, 9.17) is 4.74 Å². The number of ether oxygens (including phenoxy) is 1. The van der Waals surface area contributed by atoms with Crippen molar-refractivity contribution in [3.63, 3.8) is 0 Å². The maximum Gasteiger partial charge on any atom is 0.268 e. The summed E-state index contributed by atoms with van der Waals surface area (Å²) in [6.45, 7) is 11.3. The summed E-state index contributed by atoms with van der Waals surface area (Å²) in [5, 5.41) is 2.85. The largest absolute Gasteiger partial charge is 0.375 e. The molecule has 0 saturated carbocycles. The van der Waals surface area contributed by atoms with Gasteiger partial charge in [-0.3, -0.25) is 4.79 Å². The monoisotopic (exact) mass is 328 g/mol. The summed E-state index contributed by atoms with van der Waals surface area (Å²) >= 11 is 3.39. The number of rotatable bonds is 7. The van der Waals surface area contributed by atoms with Crippen LogP contribution in [0.1, 0.15) is 37.3 Å². The lowest BCUT2D eigenvalue weighted by molar-refractivity contribution is 0.0916. The van der Waals surface area contributed by atoms with Crippen LogP contribution >= 0.6 is 15.9 Å². The summed E-state index contributed by atoms with van der Waals surface area (Å²) in [7, 11) is 0. The van der Waals surface area contributed by atoms with Crippen molar-refractivity contribution in [1.29, 1.82) is 0 Å². The van der Waals surface area contributed by atoms with Gasteiger partial charge in [-0.25, -0.2) is 0 Å². The Morgan fingerprint density at radius 2 is 2.26 bits per heavy atom. The Kier molecular flexibility index (Phi) is 6.31. The van der Waals surface area contributed by atoms with E-state index in [1.54, 1.807) is 0 Å². The molecule has 0 spiro atoms. The van der Waals surface area contributed by atoms with Gasteiger partial charge in [0.25, 0.3) is 5.91 Å². The van der Waals surface area contributed by atoms with E-state index < -0.39 is 0 Å². The molecule has 5 heteroatoms. The predicted molar refractivity (Wildman–Crippen MR) is 80.5 cm³/mol. The van der Waals surface area contributed by atoms with Crippen LogP contribution in [-0.2, 0) is 4.74 Å². The zero-order valence-electron chi connectivity index (χ0n) is 11.7. The molecule has 19 heavy (non-hydrogen) atoms. The van der Waals surface area contributed by atoms with Gasteiger partial charge in [0, 0.05) is 23.3 Å². The quantitative estimate of drug-likeness (QED) is 0.617. The maximum atomic E-state index is 12.1. The second kappa shape index (κ2) is 7.50. The van der Waals surface area contributed by atoms with Gasteiger partial charge in [0.1, 0.15) is 5.69 Å². The Bertz CT molecular complexity index is 452. The molecule has 0 atom stereocenters. The summed E-state index contributed by atoms with van der Waals surface area (Å²) in [6, 6.07) is 2.07. The summed E-state index contributed by atoms with van der Waals surface area (Å²) in [5.41, 5.74) is 1.63. The van der Waals surface area contributed by atoms with E-state index in [2.05, 4.69) is 27.8 Å². The molecule has 1 aromatic rings. The van der Waals surface area contributed by atoms with Crippen LogP contribution in [0, 0.1) is 0 Å². The smallest absolute Gasteiger partial charge is 0.268 e. The molecule has 0 aromatic carbocycles. The second-order valence-corrected chi connectivity index (χ2v) is 5.73. The van der Waals surface area contributed by atoms with E-state index in [1.807, 2.05) is 37.6 Å². The molecule has 0 aliphatic carbocycles. The fourth-order valence-electron chi connectivity index (χ4n) is 1.63. The lowest BCUT2D eigenvalue weighted by Gasteiger charge is -2.12. The molecule has 0 aliphatic heterocycles. The molecule has 0 unspecified atom stereocenters. The molecule has 0 radical (unpaired) electrons. The average molecular weight is 329 g/mol. The van der Waals surface area contributed by atoms with E-state index in [0.29, 0.717) is 25.5 Å². The SMILES string of the molecule is C=C(C)COCCNC(=O)c1cc(Br)cn1C(C)C. The number of carbonyl (C=O) groups excluding carboxylic acids is 1. The minimum Gasteiger partial charge on any atom is -0.375 e. The van der Waals surface area contributed by atoms with E-state index >= 15 is 0 Å². The first-order chi connectivity index (χ1) is 8.91. The van der Waals surface area contributed by atoms with Crippen LogP contribution in [0.25, 0.3) is 0 Å². The van der Waals surface area contributed by atoms with Crippen molar-refractivity contribution in [1.82, 2.24) is 9.88 Å². The highest BCUT2D eigenvalue weighted by Gasteiger charge is 2.14. The van der Waals surface area contributed by atoms with Gasteiger partial charge >= 0.3 is 0 Å². The zero-order chi connectivity index (χ0) is 14.4. The zero-order valence-corrected chi connectivity index (χ0v) is 13.3. The Balaban J connectivity index is 2.47. The van der Waals surface area contributed by atoms with Crippen LogP contribution < -0.4 is 5.32 Å². The van der Waals surface area contributed by atoms with E-state index in [-0.39, 0.29) is 11.9 Å². The molecule has 0 saturated heterocycles. The molecular formula is C14H21BrN2O2. The predicted octanol–water partition coefficient (Wildman–Crippen LogP) is 3.15. The number of amides is 1. The van der Waals surface area contributed by atoms with Gasteiger partial charge in [-0.1, -0.05) is 12.2 Å².